The molecular weight excluding hydrogens is 194 g/mol. The molecule has 2 aromatic rings. The van der Waals surface area contributed by atoms with E-state index in [-0.39, 0.29) is 0 Å². The average molecular weight is 205 g/mol. The van der Waals surface area contributed by atoms with Crippen LogP contribution in [0.15, 0.2) is 30.2 Å². The van der Waals surface area contributed by atoms with Crippen molar-refractivity contribution in [1.82, 2.24) is 15.3 Å². The van der Waals surface area contributed by atoms with Crippen molar-refractivity contribution in [3.63, 3.8) is 0 Å². The monoisotopic (exact) mass is 205 g/mol. The van der Waals surface area contributed by atoms with Crippen LogP contribution in [0, 0.1) is 0 Å². The van der Waals surface area contributed by atoms with Gasteiger partial charge in [0.15, 0.2) is 0 Å². The predicted molar refractivity (Wildman–Crippen MR) is 58.1 cm³/mol. The van der Waals surface area contributed by atoms with Crippen LogP contribution in [0.5, 0.6) is 0 Å². The Labute approximate surface area is 86.8 Å². The minimum Gasteiger partial charge on any atom is -0.315 e. The van der Waals surface area contributed by atoms with Gasteiger partial charge >= 0.3 is 0 Å². The zero-order valence-electron chi connectivity index (χ0n) is 7.90. The lowest BCUT2D eigenvalue weighted by atomic mass is 10.2. The van der Waals surface area contributed by atoms with E-state index >= 15 is 0 Å². The number of hydrogen-bond acceptors (Lipinski definition) is 4. The molecule has 0 unspecified atom stereocenters. The normalized spacial score (nSPS) is 10.4. The van der Waals surface area contributed by atoms with Crippen molar-refractivity contribution in [1.29, 1.82) is 0 Å². The van der Waals surface area contributed by atoms with Gasteiger partial charge in [0, 0.05) is 29.4 Å². The van der Waals surface area contributed by atoms with Gasteiger partial charge in [-0.3, -0.25) is 0 Å². The van der Waals surface area contributed by atoms with Crippen molar-refractivity contribution in [3.8, 4) is 11.1 Å². The Kier molecular flexibility index (Phi) is 2.86. The third-order valence-corrected chi connectivity index (χ3v) is 2.84. The van der Waals surface area contributed by atoms with E-state index in [0.717, 1.165) is 12.1 Å². The highest BCUT2D eigenvalue weighted by Crippen LogP contribution is 2.23. The largest absolute Gasteiger partial charge is 0.315 e. The molecule has 3 nitrogen and oxygen atoms in total. The predicted octanol–water partition coefficient (Wildman–Crippen LogP) is 1.92. The van der Waals surface area contributed by atoms with Gasteiger partial charge in [-0.15, -0.1) is 11.3 Å². The van der Waals surface area contributed by atoms with Gasteiger partial charge in [0.05, 0.1) is 0 Å². The van der Waals surface area contributed by atoms with Crippen molar-refractivity contribution in [3.05, 3.63) is 35.0 Å². The van der Waals surface area contributed by atoms with Crippen LogP contribution in [0.25, 0.3) is 11.1 Å². The van der Waals surface area contributed by atoms with E-state index in [0.29, 0.717) is 0 Å². The van der Waals surface area contributed by atoms with Crippen molar-refractivity contribution in [2.45, 2.75) is 6.54 Å². The molecule has 14 heavy (non-hydrogen) atoms. The molecule has 72 valence electrons. The molecule has 0 aliphatic rings. The summed E-state index contributed by atoms with van der Waals surface area (Å²) >= 11 is 1.75. The molecule has 0 saturated carbocycles. The van der Waals surface area contributed by atoms with E-state index in [4.69, 9.17) is 0 Å². The van der Waals surface area contributed by atoms with E-state index < -0.39 is 0 Å². The first-order valence-electron chi connectivity index (χ1n) is 4.37. The molecule has 0 saturated heterocycles. The van der Waals surface area contributed by atoms with Crippen molar-refractivity contribution < 1.29 is 0 Å². The van der Waals surface area contributed by atoms with Crippen LogP contribution in [0.4, 0.5) is 0 Å². The fraction of sp³-hybridized carbons (Fsp3) is 0.200. The smallest absolute Gasteiger partial charge is 0.115 e. The molecule has 0 radical (unpaired) electrons. The Morgan fingerprint density at radius 3 is 2.79 bits per heavy atom. The molecule has 0 atom stereocenters. The highest BCUT2D eigenvalue weighted by molar-refractivity contribution is 7.10. The SMILES string of the molecule is CNCc1cc(-c2cncnc2)cs1. The van der Waals surface area contributed by atoms with Gasteiger partial charge in [0.1, 0.15) is 6.33 Å². The van der Waals surface area contributed by atoms with E-state index in [9.17, 15) is 0 Å². The van der Waals surface area contributed by atoms with E-state index in [1.807, 2.05) is 19.4 Å². The van der Waals surface area contributed by atoms with Crippen LogP contribution in [0.3, 0.4) is 0 Å². The molecule has 0 bridgehead atoms. The van der Waals surface area contributed by atoms with Crippen molar-refractivity contribution in [2.24, 2.45) is 0 Å². The second-order valence-corrected chi connectivity index (χ2v) is 3.95. The fourth-order valence-electron chi connectivity index (χ4n) is 1.25. The van der Waals surface area contributed by atoms with Gasteiger partial charge in [-0.2, -0.15) is 0 Å². The van der Waals surface area contributed by atoms with Gasteiger partial charge < -0.3 is 5.32 Å². The maximum Gasteiger partial charge on any atom is 0.115 e. The molecule has 0 spiro atoms. The molecule has 0 aliphatic heterocycles. The number of thiophene rings is 1. The number of hydrogen-bond donors (Lipinski definition) is 1. The molecule has 0 aromatic carbocycles. The molecular formula is C10H11N3S. The topological polar surface area (TPSA) is 37.8 Å². The lowest BCUT2D eigenvalue weighted by Crippen LogP contribution is -2.02. The minimum absolute atomic E-state index is 0.915. The summed E-state index contributed by atoms with van der Waals surface area (Å²) in [6.07, 6.45) is 5.21. The van der Waals surface area contributed by atoms with Crippen LogP contribution in [-0.2, 0) is 6.54 Å². The summed E-state index contributed by atoms with van der Waals surface area (Å²) in [5.74, 6) is 0. The summed E-state index contributed by atoms with van der Waals surface area (Å²) < 4.78 is 0. The molecule has 0 aliphatic carbocycles. The molecule has 1 N–H and O–H groups in total. The Hall–Kier alpha value is -1.26. The van der Waals surface area contributed by atoms with E-state index in [1.165, 1.54) is 10.4 Å². The third-order valence-electron chi connectivity index (χ3n) is 1.90. The number of nitrogens with zero attached hydrogens (tertiary/aromatic N) is 2. The Morgan fingerprint density at radius 1 is 1.29 bits per heavy atom. The van der Waals surface area contributed by atoms with Crippen molar-refractivity contribution in [2.75, 3.05) is 7.05 Å². The van der Waals surface area contributed by atoms with Crippen LogP contribution >= 0.6 is 11.3 Å². The van der Waals surface area contributed by atoms with Gasteiger partial charge in [0.25, 0.3) is 0 Å². The van der Waals surface area contributed by atoms with E-state index in [1.54, 1.807) is 17.7 Å². The van der Waals surface area contributed by atoms with Crippen LogP contribution in [-0.4, -0.2) is 17.0 Å². The summed E-state index contributed by atoms with van der Waals surface area (Å²) in [4.78, 5) is 9.31. The molecule has 4 heteroatoms. The summed E-state index contributed by atoms with van der Waals surface area (Å²) in [6, 6.07) is 2.17. The Bertz CT molecular complexity index is 397. The molecule has 0 fully saturated rings. The first-order chi connectivity index (χ1) is 6.90. The highest BCUT2D eigenvalue weighted by atomic mass is 32.1. The molecule has 2 aromatic heterocycles. The third kappa shape index (κ3) is 1.97. The molecule has 2 rings (SSSR count). The second kappa shape index (κ2) is 4.30. The number of rotatable bonds is 3. The quantitative estimate of drug-likeness (QED) is 0.832. The molecule has 2 heterocycles. The summed E-state index contributed by atoms with van der Waals surface area (Å²) in [5.41, 5.74) is 2.27. The van der Waals surface area contributed by atoms with Gasteiger partial charge in [0.2, 0.25) is 0 Å². The van der Waals surface area contributed by atoms with Crippen LogP contribution in [0.1, 0.15) is 4.88 Å². The first kappa shape index (κ1) is 9.30. The average Bonchev–Trinajstić information content (AvgIpc) is 2.68. The lowest BCUT2D eigenvalue weighted by Gasteiger charge is -1.94. The Balaban J connectivity index is 2.25. The summed E-state index contributed by atoms with van der Waals surface area (Å²) in [7, 11) is 1.95. The second-order valence-electron chi connectivity index (χ2n) is 2.96. The minimum atomic E-state index is 0.915. The number of aromatic nitrogens is 2. The Morgan fingerprint density at radius 2 is 2.07 bits per heavy atom. The zero-order chi connectivity index (χ0) is 9.80. The summed E-state index contributed by atoms with van der Waals surface area (Å²) in [6.45, 7) is 0.915. The highest BCUT2D eigenvalue weighted by Gasteiger charge is 2.01. The standard InChI is InChI=1S/C10H11N3S/c1-11-5-10-2-8(6-14-10)9-3-12-7-13-4-9/h2-4,6-7,11H,5H2,1H3. The summed E-state index contributed by atoms with van der Waals surface area (Å²) in [5, 5.41) is 5.26. The van der Waals surface area contributed by atoms with Crippen molar-refractivity contribution >= 4 is 11.3 Å². The van der Waals surface area contributed by atoms with Gasteiger partial charge in [-0.25, -0.2) is 9.97 Å². The first-order valence-corrected chi connectivity index (χ1v) is 5.25. The van der Waals surface area contributed by atoms with Gasteiger partial charge in [-0.1, -0.05) is 0 Å². The van der Waals surface area contributed by atoms with Crippen LogP contribution < -0.4 is 5.32 Å². The lowest BCUT2D eigenvalue weighted by molar-refractivity contribution is 0.831. The zero-order valence-corrected chi connectivity index (χ0v) is 8.71. The van der Waals surface area contributed by atoms with Gasteiger partial charge in [-0.05, 0) is 24.1 Å². The fourth-order valence-corrected chi connectivity index (χ4v) is 2.15. The number of nitrogens with one attached hydrogen (secondary N) is 1. The molecule has 0 amide bonds. The maximum atomic E-state index is 3.99. The van der Waals surface area contributed by atoms with E-state index in [2.05, 4.69) is 26.7 Å². The van der Waals surface area contributed by atoms with Crippen LogP contribution in [0.2, 0.25) is 0 Å². The maximum absolute atomic E-state index is 3.99.